The van der Waals surface area contributed by atoms with Crippen LogP contribution in [0.2, 0.25) is 0 Å². The molecule has 0 fully saturated rings. The molecule has 0 heterocycles. The van der Waals surface area contributed by atoms with E-state index in [-0.39, 0.29) is 11.6 Å². The third kappa shape index (κ3) is 2.58. The highest BCUT2D eigenvalue weighted by molar-refractivity contribution is 6.09. The molecule has 0 unspecified atom stereocenters. The van der Waals surface area contributed by atoms with Gasteiger partial charge in [-0.2, -0.15) is 0 Å². The van der Waals surface area contributed by atoms with E-state index < -0.39 is 0 Å². The maximum Gasteiger partial charge on any atom is 0.193 e. The Labute approximate surface area is 113 Å². The zero-order valence-electron chi connectivity index (χ0n) is 11.7. The lowest BCUT2D eigenvalue weighted by Crippen LogP contribution is -2.04. The lowest BCUT2D eigenvalue weighted by molar-refractivity contribution is 0.103. The van der Waals surface area contributed by atoms with Gasteiger partial charge >= 0.3 is 0 Å². The molecule has 0 radical (unpaired) electrons. The Balaban J connectivity index is 2.47. The number of halogens is 1. The zero-order chi connectivity index (χ0) is 14.2. The summed E-state index contributed by atoms with van der Waals surface area (Å²) in [6.07, 6.45) is 0. The van der Waals surface area contributed by atoms with E-state index in [4.69, 9.17) is 0 Å². The Morgan fingerprint density at radius 3 is 1.84 bits per heavy atom. The molecule has 0 aromatic heterocycles. The molecule has 0 spiro atoms. The van der Waals surface area contributed by atoms with Gasteiger partial charge in [-0.25, -0.2) is 4.39 Å². The van der Waals surface area contributed by atoms with Crippen molar-refractivity contribution in [1.82, 2.24) is 0 Å². The lowest BCUT2D eigenvalue weighted by atomic mass is 9.97. The Hall–Kier alpha value is -1.96. The van der Waals surface area contributed by atoms with Gasteiger partial charge in [0.2, 0.25) is 0 Å². The molecule has 0 N–H and O–H groups in total. The average Bonchev–Trinajstić information content (AvgIpc) is 2.37. The average molecular weight is 256 g/mol. The van der Waals surface area contributed by atoms with Crippen LogP contribution >= 0.6 is 0 Å². The van der Waals surface area contributed by atoms with Gasteiger partial charge in [-0.15, -0.1) is 0 Å². The fraction of sp³-hybridized carbons (Fsp3) is 0.235. The van der Waals surface area contributed by atoms with Crippen LogP contribution in [0, 0.1) is 33.5 Å². The Morgan fingerprint density at radius 1 is 0.789 bits per heavy atom. The molecule has 0 aliphatic heterocycles. The van der Waals surface area contributed by atoms with Crippen LogP contribution in [0.3, 0.4) is 0 Å². The van der Waals surface area contributed by atoms with Gasteiger partial charge in [0.25, 0.3) is 0 Å². The minimum atomic E-state index is -0.239. The number of benzene rings is 2. The monoisotopic (exact) mass is 256 g/mol. The van der Waals surface area contributed by atoms with Crippen molar-refractivity contribution >= 4 is 5.78 Å². The summed E-state index contributed by atoms with van der Waals surface area (Å²) in [6.45, 7) is 7.35. The van der Waals surface area contributed by atoms with E-state index in [0.29, 0.717) is 22.3 Å². The van der Waals surface area contributed by atoms with E-state index in [1.54, 1.807) is 26.0 Å². The number of carbonyl (C=O) groups is 1. The normalized spacial score (nSPS) is 10.6. The van der Waals surface area contributed by atoms with Crippen molar-refractivity contribution in [3.05, 3.63) is 69.5 Å². The van der Waals surface area contributed by atoms with E-state index in [9.17, 15) is 9.18 Å². The number of carbonyl (C=O) groups excluding carboxylic acids is 1. The highest BCUT2D eigenvalue weighted by atomic mass is 19.1. The number of aryl methyl sites for hydroxylation is 4. The molecule has 19 heavy (non-hydrogen) atoms. The van der Waals surface area contributed by atoms with Gasteiger partial charge in [0, 0.05) is 11.1 Å². The molecule has 0 amide bonds. The van der Waals surface area contributed by atoms with Crippen molar-refractivity contribution in [2.24, 2.45) is 0 Å². The minimum absolute atomic E-state index is 0.0608. The SMILES string of the molecule is Cc1ccc(C(=O)c2cc(C)c(F)c(C)c2)cc1C. The second-order valence-corrected chi connectivity index (χ2v) is 5.05. The molecule has 2 rings (SSSR count). The van der Waals surface area contributed by atoms with Gasteiger partial charge in [0.05, 0.1) is 0 Å². The Bertz CT molecular complexity index is 633. The summed E-state index contributed by atoms with van der Waals surface area (Å²) in [7, 11) is 0. The number of ketones is 1. The van der Waals surface area contributed by atoms with Crippen LogP contribution < -0.4 is 0 Å². The van der Waals surface area contributed by atoms with E-state index in [1.807, 2.05) is 32.0 Å². The highest BCUT2D eigenvalue weighted by Crippen LogP contribution is 2.19. The van der Waals surface area contributed by atoms with E-state index in [1.165, 1.54) is 0 Å². The van der Waals surface area contributed by atoms with Crippen LogP contribution in [0.15, 0.2) is 30.3 Å². The van der Waals surface area contributed by atoms with Gasteiger partial charge in [0.1, 0.15) is 5.82 Å². The van der Waals surface area contributed by atoms with E-state index in [2.05, 4.69) is 0 Å². The maximum absolute atomic E-state index is 13.6. The second-order valence-electron chi connectivity index (χ2n) is 5.05. The summed E-state index contributed by atoms with van der Waals surface area (Å²) in [5, 5.41) is 0. The van der Waals surface area contributed by atoms with Crippen LogP contribution in [-0.4, -0.2) is 5.78 Å². The van der Waals surface area contributed by atoms with E-state index >= 15 is 0 Å². The van der Waals surface area contributed by atoms with Crippen molar-refractivity contribution in [2.45, 2.75) is 27.7 Å². The zero-order valence-corrected chi connectivity index (χ0v) is 11.7. The lowest BCUT2D eigenvalue weighted by Gasteiger charge is -2.08. The molecule has 2 heteroatoms. The quantitative estimate of drug-likeness (QED) is 0.732. The van der Waals surface area contributed by atoms with Crippen molar-refractivity contribution in [3.8, 4) is 0 Å². The summed E-state index contributed by atoms with van der Waals surface area (Å²) in [4.78, 5) is 12.4. The molecule has 0 bridgehead atoms. The van der Waals surface area contributed by atoms with Crippen LogP contribution in [-0.2, 0) is 0 Å². The molecule has 2 aromatic carbocycles. The number of hydrogen-bond acceptors (Lipinski definition) is 1. The molecule has 2 aromatic rings. The maximum atomic E-state index is 13.6. The van der Waals surface area contributed by atoms with E-state index in [0.717, 1.165) is 11.1 Å². The molecular formula is C17H17FO. The molecule has 0 aliphatic carbocycles. The van der Waals surface area contributed by atoms with Crippen LogP contribution in [0.1, 0.15) is 38.2 Å². The molecule has 0 saturated carbocycles. The van der Waals surface area contributed by atoms with Gasteiger partial charge in [-0.05, 0) is 68.1 Å². The molecule has 1 nitrogen and oxygen atoms in total. The minimum Gasteiger partial charge on any atom is -0.289 e. The van der Waals surface area contributed by atoms with Crippen molar-refractivity contribution in [2.75, 3.05) is 0 Å². The predicted octanol–water partition coefficient (Wildman–Crippen LogP) is 4.29. The second kappa shape index (κ2) is 4.96. The standard InChI is InChI=1S/C17H17FO/c1-10-5-6-14(7-11(10)2)17(19)15-8-12(3)16(18)13(4)9-15/h5-9H,1-4H3. The summed E-state index contributed by atoms with van der Waals surface area (Å²) < 4.78 is 13.6. The summed E-state index contributed by atoms with van der Waals surface area (Å²) >= 11 is 0. The Morgan fingerprint density at radius 2 is 1.32 bits per heavy atom. The smallest absolute Gasteiger partial charge is 0.193 e. The van der Waals surface area contributed by atoms with Crippen molar-refractivity contribution < 1.29 is 9.18 Å². The van der Waals surface area contributed by atoms with Crippen LogP contribution in [0.25, 0.3) is 0 Å². The van der Waals surface area contributed by atoms with Crippen LogP contribution in [0.5, 0.6) is 0 Å². The largest absolute Gasteiger partial charge is 0.289 e. The predicted molar refractivity (Wildman–Crippen MR) is 75.2 cm³/mol. The molecule has 98 valence electrons. The number of hydrogen-bond donors (Lipinski definition) is 0. The van der Waals surface area contributed by atoms with Crippen molar-refractivity contribution in [3.63, 3.8) is 0 Å². The summed E-state index contributed by atoms with van der Waals surface area (Å²) in [6, 6.07) is 8.86. The van der Waals surface area contributed by atoms with Gasteiger partial charge in [0.15, 0.2) is 5.78 Å². The highest BCUT2D eigenvalue weighted by Gasteiger charge is 2.13. The molecule has 0 aliphatic rings. The molecule has 0 saturated heterocycles. The van der Waals surface area contributed by atoms with Crippen LogP contribution in [0.4, 0.5) is 4.39 Å². The first-order valence-corrected chi connectivity index (χ1v) is 6.29. The first kappa shape index (κ1) is 13.5. The number of rotatable bonds is 2. The third-order valence-electron chi connectivity index (χ3n) is 3.47. The third-order valence-corrected chi connectivity index (χ3v) is 3.47. The summed E-state index contributed by atoms with van der Waals surface area (Å²) in [5.74, 6) is -0.300. The molecule has 0 atom stereocenters. The fourth-order valence-electron chi connectivity index (χ4n) is 2.13. The Kier molecular flexibility index (Phi) is 3.52. The first-order chi connectivity index (χ1) is 8.90. The first-order valence-electron chi connectivity index (χ1n) is 6.29. The van der Waals surface area contributed by atoms with Gasteiger partial charge in [-0.3, -0.25) is 4.79 Å². The fourth-order valence-corrected chi connectivity index (χ4v) is 2.13. The summed E-state index contributed by atoms with van der Waals surface area (Å²) in [5.41, 5.74) is 4.44. The van der Waals surface area contributed by atoms with Gasteiger partial charge < -0.3 is 0 Å². The topological polar surface area (TPSA) is 17.1 Å². The van der Waals surface area contributed by atoms with Crippen molar-refractivity contribution in [1.29, 1.82) is 0 Å². The molecular weight excluding hydrogens is 239 g/mol. The van der Waals surface area contributed by atoms with Gasteiger partial charge in [-0.1, -0.05) is 12.1 Å².